The van der Waals surface area contributed by atoms with E-state index < -0.39 is 0 Å². The third kappa shape index (κ3) is 2.38. The number of hydrogen-bond donors (Lipinski definition) is 1. The Balaban J connectivity index is 2.12. The lowest BCUT2D eigenvalue weighted by Crippen LogP contribution is -1.97. The first kappa shape index (κ1) is 9.78. The number of anilines is 2. The Kier molecular flexibility index (Phi) is 2.72. The molecule has 0 aromatic carbocycles. The first-order valence-corrected chi connectivity index (χ1v) is 4.57. The molecule has 78 valence electrons. The summed E-state index contributed by atoms with van der Waals surface area (Å²) in [4.78, 5) is 3.88. The largest absolute Gasteiger partial charge is 0.406 e. The van der Waals surface area contributed by atoms with Crippen molar-refractivity contribution in [3.8, 4) is 0 Å². The zero-order chi connectivity index (χ0) is 10.7. The van der Waals surface area contributed by atoms with Crippen molar-refractivity contribution in [3.05, 3.63) is 18.3 Å². The Morgan fingerprint density at radius 3 is 2.80 bits per heavy atom. The summed E-state index contributed by atoms with van der Waals surface area (Å²) in [6.07, 6.45) is 2.96. The van der Waals surface area contributed by atoms with Gasteiger partial charge in [-0.2, -0.15) is 5.10 Å². The zero-order valence-corrected chi connectivity index (χ0v) is 8.51. The number of halogens is 1. The summed E-state index contributed by atoms with van der Waals surface area (Å²) in [5, 5.41) is 17.1. The van der Waals surface area contributed by atoms with Gasteiger partial charge in [0.2, 0.25) is 5.89 Å². The first-order chi connectivity index (χ1) is 7.25. The fraction of sp³-hybridized carbons (Fsp3) is 0.286. The van der Waals surface area contributed by atoms with Gasteiger partial charge in [0.15, 0.2) is 0 Å². The molecule has 0 fully saturated rings. The van der Waals surface area contributed by atoms with Crippen LogP contribution >= 0.6 is 11.6 Å². The molecule has 2 aromatic heterocycles. The van der Waals surface area contributed by atoms with Crippen LogP contribution in [0.3, 0.4) is 0 Å². The quantitative estimate of drug-likeness (QED) is 0.789. The van der Waals surface area contributed by atoms with Gasteiger partial charge in [-0.25, -0.2) is 4.98 Å². The van der Waals surface area contributed by atoms with Crippen LogP contribution in [0.2, 0.25) is 0 Å². The minimum absolute atomic E-state index is 0.186. The molecule has 0 aliphatic rings. The van der Waals surface area contributed by atoms with E-state index >= 15 is 0 Å². The number of nitrogens with zero attached hydrogens (tertiary/aromatic N) is 5. The lowest BCUT2D eigenvalue weighted by Gasteiger charge is -1.96. The van der Waals surface area contributed by atoms with Crippen LogP contribution in [0.1, 0.15) is 18.2 Å². The predicted molar refractivity (Wildman–Crippen MR) is 51.7 cm³/mol. The van der Waals surface area contributed by atoms with Gasteiger partial charge in [0.05, 0.1) is 12.4 Å². The number of hydrogen-bond acceptors (Lipinski definition) is 7. The van der Waals surface area contributed by atoms with Gasteiger partial charge < -0.3 is 4.42 Å². The van der Waals surface area contributed by atoms with Crippen molar-refractivity contribution in [3.63, 3.8) is 0 Å². The highest BCUT2D eigenvalue weighted by atomic mass is 35.5. The van der Waals surface area contributed by atoms with E-state index in [0.717, 1.165) is 0 Å². The lowest BCUT2D eigenvalue weighted by atomic mass is 10.5. The van der Waals surface area contributed by atoms with E-state index in [2.05, 4.69) is 30.7 Å². The summed E-state index contributed by atoms with van der Waals surface area (Å²) in [5.41, 5.74) is 0. The fourth-order valence-corrected chi connectivity index (χ4v) is 0.935. The predicted octanol–water partition coefficient (Wildman–Crippen LogP) is 1.30. The van der Waals surface area contributed by atoms with E-state index in [9.17, 15) is 0 Å². The molecule has 0 saturated heterocycles. The molecule has 0 amide bonds. The van der Waals surface area contributed by atoms with Crippen LogP contribution in [0.15, 0.2) is 16.8 Å². The van der Waals surface area contributed by atoms with E-state index in [1.54, 1.807) is 6.92 Å². The van der Waals surface area contributed by atoms with E-state index in [0.29, 0.717) is 5.89 Å². The van der Waals surface area contributed by atoms with E-state index in [-0.39, 0.29) is 17.3 Å². The summed E-state index contributed by atoms with van der Waals surface area (Å²) in [6, 6.07) is 0.186. The average molecular weight is 227 g/mol. The maximum atomic E-state index is 5.75. The minimum Gasteiger partial charge on any atom is -0.406 e. The molecule has 1 N–H and O–H groups in total. The molecule has 0 aliphatic heterocycles. The van der Waals surface area contributed by atoms with Gasteiger partial charge in [0, 0.05) is 0 Å². The third-order valence-electron chi connectivity index (χ3n) is 1.48. The first-order valence-electron chi connectivity index (χ1n) is 4.14. The van der Waals surface area contributed by atoms with Crippen LogP contribution in [0.25, 0.3) is 0 Å². The molecule has 1 unspecified atom stereocenters. The van der Waals surface area contributed by atoms with Gasteiger partial charge in [-0.15, -0.1) is 21.8 Å². The summed E-state index contributed by atoms with van der Waals surface area (Å²) in [6.45, 7) is 1.74. The van der Waals surface area contributed by atoms with Gasteiger partial charge in [-0.3, -0.25) is 5.32 Å². The SMILES string of the molecule is CC(Cl)c1nnc(Nc2nccnn2)o1. The topological polar surface area (TPSA) is 89.6 Å². The van der Waals surface area contributed by atoms with Crippen molar-refractivity contribution < 1.29 is 4.42 Å². The van der Waals surface area contributed by atoms with Crippen LogP contribution in [0, 0.1) is 0 Å². The fourth-order valence-electron chi connectivity index (χ4n) is 0.846. The monoisotopic (exact) mass is 226 g/mol. The number of aromatic nitrogens is 5. The van der Waals surface area contributed by atoms with E-state index in [1.165, 1.54) is 12.4 Å². The van der Waals surface area contributed by atoms with Crippen molar-refractivity contribution in [2.45, 2.75) is 12.3 Å². The Hall–Kier alpha value is -1.76. The van der Waals surface area contributed by atoms with Crippen LogP contribution in [-0.4, -0.2) is 25.4 Å². The molecule has 7 nitrogen and oxygen atoms in total. The lowest BCUT2D eigenvalue weighted by molar-refractivity contribution is 0.509. The molecule has 0 bridgehead atoms. The maximum absolute atomic E-state index is 5.75. The number of nitrogens with one attached hydrogen (secondary N) is 1. The van der Waals surface area contributed by atoms with Gasteiger partial charge in [-0.1, -0.05) is 5.10 Å². The molecule has 1 atom stereocenters. The van der Waals surface area contributed by atoms with Crippen LogP contribution < -0.4 is 5.32 Å². The molecule has 0 radical (unpaired) electrons. The molecular weight excluding hydrogens is 220 g/mol. The van der Waals surface area contributed by atoms with Gasteiger partial charge >= 0.3 is 6.01 Å². The summed E-state index contributed by atoms with van der Waals surface area (Å²) >= 11 is 5.75. The second-order valence-corrected chi connectivity index (χ2v) is 3.31. The standard InChI is InChI=1S/C7H7ClN6O/c1-4(8)5-12-14-7(15-5)11-6-9-2-3-10-13-6/h2-4H,1H3,(H,9,11,13,14). The van der Waals surface area contributed by atoms with Crippen molar-refractivity contribution >= 4 is 23.6 Å². The molecule has 2 rings (SSSR count). The number of rotatable bonds is 3. The second-order valence-electron chi connectivity index (χ2n) is 2.65. The number of alkyl halides is 1. The van der Waals surface area contributed by atoms with Crippen LogP contribution in [0.4, 0.5) is 12.0 Å². The van der Waals surface area contributed by atoms with Crippen molar-refractivity contribution in [2.24, 2.45) is 0 Å². The Bertz CT molecular complexity index is 430. The van der Waals surface area contributed by atoms with Crippen LogP contribution in [-0.2, 0) is 0 Å². The summed E-state index contributed by atoms with van der Waals surface area (Å²) in [5.74, 6) is 0.623. The average Bonchev–Trinajstić information content (AvgIpc) is 2.68. The highest BCUT2D eigenvalue weighted by molar-refractivity contribution is 6.20. The highest BCUT2D eigenvalue weighted by Gasteiger charge is 2.11. The molecule has 0 spiro atoms. The molecular formula is C7H7ClN6O. The second kappa shape index (κ2) is 4.18. The third-order valence-corrected chi connectivity index (χ3v) is 1.67. The Labute approximate surface area is 89.9 Å². The summed E-state index contributed by atoms with van der Waals surface area (Å²) < 4.78 is 5.18. The van der Waals surface area contributed by atoms with Crippen molar-refractivity contribution in [2.75, 3.05) is 5.32 Å². The highest BCUT2D eigenvalue weighted by Crippen LogP contribution is 2.20. The molecule has 15 heavy (non-hydrogen) atoms. The minimum atomic E-state index is -0.331. The van der Waals surface area contributed by atoms with Gasteiger partial charge in [0.1, 0.15) is 5.38 Å². The molecule has 0 aliphatic carbocycles. The normalized spacial score (nSPS) is 12.4. The van der Waals surface area contributed by atoms with Gasteiger partial charge in [-0.05, 0) is 6.92 Å². The van der Waals surface area contributed by atoms with E-state index in [1.807, 2.05) is 0 Å². The smallest absolute Gasteiger partial charge is 0.322 e. The van der Waals surface area contributed by atoms with E-state index in [4.69, 9.17) is 16.0 Å². The Morgan fingerprint density at radius 1 is 1.33 bits per heavy atom. The summed E-state index contributed by atoms with van der Waals surface area (Å²) in [7, 11) is 0. The Morgan fingerprint density at radius 2 is 2.20 bits per heavy atom. The van der Waals surface area contributed by atoms with Crippen LogP contribution in [0.5, 0.6) is 0 Å². The maximum Gasteiger partial charge on any atom is 0.322 e. The zero-order valence-electron chi connectivity index (χ0n) is 7.75. The molecule has 0 saturated carbocycles. The van der Waals surface area contributed by atoms with Crippen molar-refractivity contribution in [1.82, 2.24) is 25.4 Å². The molecule has 2 heterocycles. The van der Waals surface area contributed by atoms with Gasteiger partial charge in [0.25, 0.3) is 5.95 Å². The molecule has 8 heteroatoms. The molecule has 2 aromatic rings. The van der Waals surface area contributed by atoms with Crippen molar-refractivity contribution in [1.29, 1.82) is 0 Å².